The average Bonchev–Trinajstić information content (AvgIpc) is 1.59. The third-order valence-corrected chi connectivity index (χ3v) is 2.31. The first-order valence-electron chi connectivity index (χ1n) is 4.46. The van der Waals surface area contributed by atoms with E-state index in [4.69, 9.17) is 0 Å². The molecule has 0 unspecified atom stereocenters. The van der Waals surface area contributed by atoms with Gasteiger partial charge in [-0.1, -0.05) is 59.0 Å². The molecule has 0 aromatic heterocycles. The Hall–Kier alpha value is 0.662. The van der Waals surface area contributed by atoms with Gasteiger partial charge in [0.15, 0.2) is 0 Å². The van der Waals surface area contributed by atoms with Gasteiger partial charge in [-0.25, -0.2) is 0 Å². The summed E-state index contributed by atoms with van der Waals surface area (Å²) < 4.78 is 0. The van der Waals surface area contributed by atoms with Gasteiger partial charge in [0.1, 0.15) is 6.71 Å². The van der Waals surface area contributed by atoms with Crippen LogP contribution in [0.15, 0.2) is 0 Å². The Morgan fingerprint density at radius 3 is 0.909 bits per heavy atom. The molecule has 0 fully saturated rings. The Balaban J connectivity index is -0.000000405. The van der Waals surface area contributed by atoms with E-state index in [1.807, 2.05) is 0 Å². The zero-order valence-corrected chi connectivity index (χ0v) is 9.31. The van der Waals surface area contributed by atoms with Gasteiger partial charge >= 0.3 is 18.9 Å². The van der Waals surface area contributed by atoms with E-state index >= 15 is 0 Å². The van der Waals surface area contributed by atoms with E-state index in [2.05, 4.69) is 41.5 Å². The van der Waals surface area contributed by atoms with Gasteiger partial charge in [0.25, 0.3) is 0 Å². The van der Waals surface area contributed by atoms with Crippen molar-refractivity contribution in [3.63, 3.8) is 0 Å². The van der Waals surface area contributed by atoms with Crippen molar-refractivity contribution >= 4 is 6.71 Å². The molecule has 0 heterocycles. The first kappa shape index (κ1) is 14.2. The molecule has 0 aliphatic rings. The summed E-state index contributed by atoms with van der Waals surface area (Å²) in [6.07, 6.45) is 0. The summed E-state index contributed by atoms with van der Waals surface area (Å²) in [6.45, 7) is 14.8. The molecule has 0 spiro atoms. The Labute approximate surface area is 86.3 Å². The van der Waals surface area contributed by atoms with Gasteiger partial charge in [-0.15, -0.1) is 0 Å². The molecular formula is C9H22BLi. The van der Waals surface area contributed by atoms with Gasteiger partial charge in [0.05, 0.1) is 0 Å². The Kier molecular flexibility index (Phi) is 8.02. The molecule has 0 bridgehead atoms. The van der Waals surface area contributed by atoms with Crippen LogP contribution in [0, 0.1) is 0 Å². The van der Waals surface area contributed by atoms with E-state index in [1.165, 1.54) is 0 Å². The monoisotopic (exact) mass is 148 g/mol. The predicted molar refractivity (Wildman–Crippen MR) is 52.2 cm³/mol. The largest absolute Gasteiger partial charge is 1.00 e. The zero-order valence-electron chi connectivity index (χ0n) is 10.3. The minimum absolute atomic E-state index is 0. The molecule has 0 amide bonds. The van der Waals surface area contributed by atoms with E-state index in [-0.39, 0.29) is 20.3 Å². The second kappa shape index (κ2) is 6.21. The summed E-state index contributed by atoms with van der Waals surface area (Å²) in [5.41, 5.74) is 0. The molecule has 0 N–H and O–H groups in total. The summed E-state index contributed by atoms with van der Waals surface area (Å²) in [6, 6.07) is 0. The molecule has 0 rings (SSSR count). The summed E-state index contributed by atoms with van der Waals surface area (Å²) in [5, 5.41) is 0. The first-order chi connectivity index (χ1) is 4.46. The summed E-state index contributed by atoms with van der Waals surface area (Å²) in [4.78, 5) is 0. The normalized spacial score (nSPS) is 10.6. The second-order valence-corrected chi connectivity index (χ2v) is 4.31. The van der Waals surface area contributed by atoms with Crippen LogP contribution >= 0.6 is 0 Å². The predicted octanol–water partition coefficient (Wildman–Crippen LogP) is 0.828. The fraction of sp³-hybridized carbons (Fsp3) is 1.00. The van der Waals surface area contributed by atoms with E-state index in [9.17, 15) is 0 Å². The van der Waals surface area contributed by atoms with Crippen molar-refractivity contribution in [2.75, 3.05) is 0 Å². The molecule has 11 heavy (non-hydrogen) atoms. The van der Waals surface area contributed by atoms with Crippen LogP contribution in [-0.4, -0.2) is 6.71 Å². The molecule has 2 heteroatoms. The molecule has 0 nitrogen and oxygen atoms in total. The van der Waals surface area contributed by atoms with E-state index < -0.39 is 0 Å². The van der Waals surface area contributed by atoms with Crippen molar-refractivity contribution in [2.24, 2.45) is 0 Å². The van der Waals surface area contributed by atoms with Crippen molar-refractivity contribution in [2.45, 2.75) is 59.0 Å². The van der Waals surface area contributed by atoms with Crippen molar-refractivity contribution in [3.8, 4) is 0 Å². The maximum absolute atomic E-state index is 2.32. The molecule has 0 aliphatic heterocycles. The van der Waals surface area contributed by atoms with Crippen LogP contribution in [0.1, 0.15) is 43.0 Å². The molecule has 0 aliphatic carbocycles. The fourth-order valence-electron chi connectivity index (χ4n) is 2.31. The Bertz CT molecular complexity index is 75.5. The van der Waals surface area contributed by atoms with Gasteiger partial charge in [-0.3, -0.25) is 0 Å². The van der Waals surface area contributed by atoms with Crippen LogP contribution in [0.4, 0.5) is 0 Å². The van der Waals surface area contributed by atoms with Crippen LogP contribution in [0.3, 0.4) is 0 Å². The third-order valence-electron chi connectivity index (χ3n) is 2.31. The zero-order chi connectivity index (χ0) is 8.31. The standard InChI is InChI=1S/C9H21B.Li.H/c1-7(2)10(8(3)4)9(5)6;;/h7-9H,1-6H3;;/q;+1;-1. The molecule has 0 atom stereocenters. The first-order valence-corrected chi connectivity index (χ1v) is 4.46. The Morgan fingerprint density at radius 1 is 0.727 bits per heavy atom. The number of hydrogen-bond donors (Lipinski definition) is 0. The third kappa shape index (κ3) is 4.99. The molecule has 62 valence electrons. The molecule has 0 aromatic rings. The van der Waals surface area contributed by atoms with Gasteiger partial charge in [-0.05, 0) is 0 Å². The van der Waals surface area contributed by atoms with Crippen LogP contribution < -0.4 is 18.9 Å². The quantitative estimate of drug-likeness (QED) is 0.520. The summed E-state index contributed by atoms with van der Waals surface area (Å²) in [7, 11) is 0. The minimum atomic E-state index is 0. The van der Waals surface area contributed by atoms with E-state index in [0.29, 0.717) is 0 Å². The van der Waals surface area contributed by atoms with Crippen molar-refractivity contribution in [1.29, 1.82) is 0 Å². The topological polar surface area (TPSA) is 0 Å². The van der Waals surface area contributed by atoms with Gasteiger partial charge in [0, 0.05) is 0 Å². The summed E-state index contributed by atoms with van der Waals surface area (Å²) in [5.74, 6) is 2.50. The van der Waals surface area contributed by atoms with E-state index in [1.54, 1.807) is 0 Å². The summed E-state index contributed by atoms with van der Waals surface area (Å²) >= 11 is 0. The molecular weight excluding hydrogens is 126 g/mol. The van der Waals surface area contributed by atoms with Gasteiger partial charge < -0.3 is 1.43 Å². The average molecular weight is 148 g/mol. The smallest absolute Gasteiger partial charge is 1.00 e. The van der Waals surface area contributed by atoms with Crippen LogP contribution in [-0.2, 0) is 0 Å². The minimum Gasteiger partial charge on any atom is -1.00 e. The number of hydrogen-bond acceptors (Lipinski definition) is 0. The molecule has 0 aromatic carbocycles. The van der Waals surface area contributed by atoms with Crippen molar-refractivity contribution in [3.05, 3.63) is 0 Å². The maximum Gasteiger partial charge on any atom is 1.00 e. The molecule has 0 saturated carbocycles. The van der Waals surface area contributed by atoms with Crippen LogP contribution in [0.25, 0.3) is 0 Å². The fourth-order valence-corrected chi connectivity index (χ4v) is 2.31. The molecule has 0 radical (unpaired) electrons. The van der Waals surface area contributed by atoms with Crippen molar-refractivity contribution < 1.29 is 20.3 Å². The van der Waals surface area contributed by atoms with Crippen molar-refractivity contribution in [1.82, 2.24) is 0 Å². The van der Waals surface area contributed by atoms with Crippen LogP contribution in [0.5, 0.6) is 0 Å². The van der Waals surface area contributed by atoms with E-state index in [0.717, 1.165) is 24.2 Å². The number of rotatable bonds is 3. The SMILES string of the molecule is CC(C)B(C(C)C)C(C)C.[H-].[Li+]. The maximum atomic E-state index is 2.32. The Morgan fingerprint density at radius 2 is 0.909 bits per heavy atom. The van der Waals surface area contributed by atoms with Crippen LogP contribution in [0.2, 0.25) is 17.5 Å². The van der Waals surface area contributed by atoms with Gasteiger partial charge in [-0.2, -0.15) is 0 Å². The second-order valence-electron chi connectivity index (χ2n) is 4.31. The molecule has 0 saturated heterocycles. The van der Waals surface area contributed by atoms with Gasteiger partial charge in [0.2, 0.25) is 0 Å².